The molecule has 8 nitrogen and oxygen atoms in total. The first-order valence-electron chi connectivity index (χ1n) is 14.1. The number of aromatic nitrogens is 2. The van der Waals surface area contributed by atoms with Gasteiger partial charge in [-0.1, -0.05) is 6.07 Å². The molecule has 208 valence electrons. The van der Waals surface area contributed by atoms with E-state index in [4.69, 9.17) is 9.40 Å². The van der Waals surface area contributed by atoms with E-state index in [1.807, 2.05) is 39.8 Å². The fourth-order valence-corrected chi connectivity index (χ4v) is 6.82. The third-order valence-corrected chi connectivity index (χ3v) is 9.35. The molecule has 2 aliphatic heterocycles. The van der Waals surface area contributed by atoms with Crippen LogP contribution in [-0.2, 0) is 4.79 Å². The topological polar surface area (TPSA) is 94.7 Å². The largest absolute Gasteiger partial charge is 0.481 e. The normalized spacial score (nSPS) is 26.7. The van der Waals surface area contributed by atoms with Gasteiger partial charge in [0.15, 0.2) is 5.58 Å². The molecule has 1 aromatic carbocycles. The molecule has 0 spiro atoms. The maximum Gasteiger partial charge on any atom is 0.309 e. The van der Waals surface area contributed by atoms with Gasteiger partial charge in [0.25, 0.3) is 6.01 Å². The predicted octanol–water partition coefficient (Wildman–Crippen LogP) is 5.55. The number of aryl methyl sites for hydroxylation is 2. The first-order chi connectivity index (χ1) is 18.6. The van der Waals surface area contributed by atoms with Crippen molar-refractivity contribution in [3.63, 3.8) is 0 Å². The number of hydrogen-bond donors (Lipinski definition) is 2. The van der Waals surface area contributed by atoms with Gasteiger partial charge in [-0.05, 0) is 95.0 Å². The number of pyridine rings is 1. The lowest BCUT2D eigenvalue weighted by Crippen LogP contribution is -2.58. The third kappa shape index (κ3) is 4.75. The van der Waals surface area contributed by atoms with Gasteiger partial charge in [0, 0.05) is 25.7 Å². The summed E-state index contributed by atoms with van der Waals surface area (Å²) in [4.78, 5) is 25.4. The molecular formula is C30H38FN5O3. The Bertz CT molecular complexity index is 1390. The minimum absolute atomic E-state index is 0.130. The van der Waals surface area contributed by atoms with Gasteiger partial charge in [0.1, 0.15) is 11.3 Å². The van der Waals surface area contributed by atoms with Crippen molar-refractivity contribution in [2.75, 3.05) is 36.4 Å². The Hall–Kier alpha value is -3.20. The van der Waals surface area contributed by atoms with Crippen LogP contribution in [0.1, 0.15) is 62.4 Å². The van der Waals surface area contributed by atoms with Crippen molar-refractivity contribution in [3.8, 4) is 0 Å². The molecule has 3 aliphatic rings. The molecular weight excluding hydrogens is 497 g/mol. The highest BCUT2D eigenvalue weighted by molar-refractivity contribution is 5.89. The van der Waals surface area contributed by atoms with Crippen LogP contribution in [-0.4, -0.2) is 58.2 Å². The van der Waals surface area contributed by atoms with Gasteiger partial charge >= 0.3 is 5.97 Å². The number of likely N-dealkylation sites (tertiary alicyclic amines) is 1. The number of carbonyl (C=O) groups is 1. The van der Waals surface area contributed by atoms with E-state index in [0.717, 1.165) is 72.6 Å². The number of fused-ring (bicyclic) bond motifs is 1. The fraction of sp³-hybridized carbons (Fsp3) is 0.567. The average molecular weight is 536 g/mol. The Balaban J connectivity index is 1.11. The van der Waals surface area contributed by atoms with Gasteiger partial charge in [0.2, 0.25) is 0 Å². The summed E-state index contributed by atoms with van der Waals surface area (Å²) >= 11 is 0. The Labute approximate surface area is 228 Å². The Morgan fingerprint density at radius 3 is 2.69 bits per heavy atom. The number of rotatable bonds is 7. The van der Waals surface area contributed by atoms with Crippen molar-refractivity contribution < 1.29 is 18.7 Å². The minimum atomic E-state index is -0.662. The van der Waals surface area contributed by atoms with Crippen LogP contribution in [0.4, 0.5) is 16.1 Å². The highest BCUT2D eigenvalue weighted by Crippen LogP contribution is 2.45. The van der Waals surface area contributed by atoms with Crippen molar-refractivity contribution in [3.05, 3.63) is 47.0 Å². The average Bonchev–Trinajstić information content (AvgIpc) is 3.27. The number of nitrogens with one attached hydrogen (secondary N) is 1. The Kier molecular flexibility index (Phi) is 6.52. The second-order valence-electron chi connectivity index (χ2n) is 12.3. The number of halogens is 1. The summed E-state index contributed by atoms with van der Waals surface area (Å²) in [6.45, 7) is 11.8. The molecule has 2 atom stereocenters. The molecule has 2 N–H and O–H groups in total. The SMILES string of the molecule is Cc1cc(F)cnc1[C@@H](C)Nc1c(C)ccc2nc(N3CC([C@H]4CCCN(C5CC(C)(C(=O)O)C5)C4)C3)oc12. The maximum absolute atomic E-state index is 13.6. The van der Waals surface area contributed by atoms with E-state index in [9.17, 15) is 14.3 Å². The van der Waals surface area contributed by atoms with Gasteiger partial charge < -0.3 is 24.6 Å². The zero-order chi connectivity index (χ0) is 27.5. The number of oxazole rings is 1. The summed E-state index contributed by atoms with van der Waals surface area (Å²) in [7, 11) is 0. The quantitative estimate of drug-likeness (QED) is 0.407. The predicted molar refractivity (Wildman–Crippen MR) is 148 cm³/mol. The fourth-order valence-electron chi connectivity index (χ4n) is 6.82. The van der Waals surface area contributed by atoms with Crippen molar-refractivity contribution in [2.24, 2.45) is 17.3 Å². The Morgan fingerprint density at radius 2 is 1.97 bits per heavy atom. The summed E-state index contributed by atoms with van der Waals surface area (Å²) in [6.07, 6.45) is 5.19. The smallest absolute Gasteiger partial charge is 0.309 e. The summed E-state index contributed by atoms with van der Waals surface area (Å²) in [5.41, 5.74) is 4.54. The number of anilines is 2. The van der Waals surface area contributed by atoms with Crippen LogP contribution in [0.15, 0.2) is 28.8 Å². The van der Waals surface area contributed by atoms with E-state index in [-0.39, 0.29) is 11.9 Å². The molecule has 0 amide bonds. The van der Waals surface area contributed by atoms with Crippen molar-refractivity contribution in [1.82, 2.24) is 14.9 Å². The third-order valence-electron chi connectivity index (χ3n) is 9.35. The zero-order valence-corrected chi connectivity index (χ0v) is 23.2. The number of piperidine rings is 1. The molecule has 39 heavy (non-hydrogen) atoms. The van der Waals surface area contributed by atoms with Crippen LogP contribution in [0.2, 0.25) is 0 Å². The van der Waals surface area contributed by atoms with Crippen LogP contribution in [0, 0.1) is 36.9 Å². The van der Waals surface area contributed by atoms with Crippen LogP contribution >= 0.6 is 0 Å². The molecule has 0 bridgehead atoms. The van der Waals surface area contributed by atoms with E-state index < -0.39 is 11.4 Å². The van der Waals surface area contributed by atoms with Crippen molar-refractivity contribution >= 4 is 28.8 Å². The lowest BCUT2D eigenvalue weighted by atomic mass is 9.65. The van der Waals surface area contributed by atoms with E-state index in [2.05, 4.69) is 20.1 Å². The molecule has 3 aromatic rings. The van der Waals surface area contributed by atoms with Gasteiger partial charge in [-0.2, -0.15) is 4.98 Å². The van der Waals surface area contributed by atoms with E-state index in [0.29, 0.717) is 23.9 Å². The van der Waals surface area contributed by atoms with Gasteiger partial charge in [-0.25, -0.2) is 4.39 Å². The highest BCUT2D eigenvalue weighted by atomic mass is 19.1. The minimum Gasteiger partial charge on any atom is -0.481 e. The summed E-state index contributed by atoms with van der Waals surface area (Å²) < 4.78 is 19.9. The lowest BCUT2D eigenvalue weighted by Gasteiger charge is -2.52. The standard InChI is InChI=1S/C30H38FN5O3/c1-17-7-8-24-27(26(17)33-19(3)25-18(2)10-22(31)13-32-25)39-29(34-24)36-15-21(16-36)20-6-5-9-35(14-20)23-11-30(4,12-23)28(37)38/h7-8,10,13,19-21,23,33H,5-6,9,11-12,14-16H2,1-4H3,(H,37,38)/t19-,20+,23?,30?/m1/s1. The van der Waals surface area contributed by atoms with Crippen LogP contribution in [0.5, 0.6) is 0 Å². The van der Waals surface area contributed by atoms with E-state index in [1.54, 1.807) is 0 Å². The second kappa shape index (κ2) is 9.77. The molecule has 4 heterocycles. The highest BCUT2D eigenvalue weighted by Gasteiger charge is 2.49. The molecule has 3 fully saturated rings. The van der Waals surface area contributed by atoms with Crippen LogP contribution < -0.4 is 10.2 Å². The number of carboxylic acids is 1. The number of hydrogen-bond acceptors (Lipinski definition) is 7. The van der Waals surface area contributed by atoms with Gasteiger partial charge in [-0.15, -0.1) is 0 Å². The summed E-state index contributed by atoms with van der Waals surface area (Å²) in [5.74, 6) is 0.230. The number of aliphatic carboxylic acids is 1. The molecule has 6 rings (SSSR count). The molecule has 0 radical (unpaired) electrons. The van der Waals surface area contributed by atoms with Crippen LogP contribution in [0.25, 0.3) is 11.1 Å². The first kappa shape index (κ1) is 26.0. The Morgan fingerprint density at radius 1 is 1.21 bits per heavy atom. The van der Waals surface area contributed by atoms with Gasteiger partial charge in [0.05, 0.1) is 29.0 Å². The second-order valence-corrected chi connectivity index (χ2v) is 12.3. The lowest BCUT2D eigenvalue weighted by molar-refractivity contribution is -0.158. The monoisotopic (exact) mass is 535 g/mol. The molecule has 2 aromatic heterocycles. The zero-order valence-electron chi connectivity index (χ0n) is 23.2. The van der Waals surface area contributed by atoms with E-state index in [1.165, 1.54) is 25.1 Å². The molecule has 2 saturated heterocycles. The van der Waals surface area contributed by atoms with Crippen molar-refractivity contribution in [1.29, 1.82) is 0 Å². The first-order valence-corrected chi connectivity index (χ1v) is 14.1. The molecule has 9 heteroatoms. The van der Waals surface area contributed by atoms with Crippen molar-refractivity contribution in [2.45, 2.75) is 65.5 Å². The molecule has 1 aliphatic carbocycles. The number of nitrogens with zero attached hydrogens (tertiary/aromatic N) is 4. The summed E-state index contributed by atoms with van der Waals surface area (Å²) in [6, 6.07) is 6.48. The molecule has 1 saturated carbocycles. The molecule has 0 unspecified atom stereocenters. The van der Waals surface area contributed by atoms with Crippen LogP contribution in [0.3, 0.4) is 0 Å². The maximum atomic E-state index is 13.6. The summed E-state index contributed by atoms with van der Waals surface area (Å²) in [5, 5.41) is 13.0. The van der Waals surface area contributed by atoms with Gasteiger partial charge in [-0.3, -0.25) is 9.78 Å². The van der Waals surface area contributed by atoms with E-state index >= 15 is 0 Å². The number of carboxylic acid groups (broad SMARTS) is 1. The number of benzene rings is 1.